The van der Waals surface area contributed by atoms with Crippen LogP contribution in [0.4, 0.5) is 0 Å². The maximum absolute atomic E-state index is 8.92. The van der Waals surface area contributed by atoms with E-state index in [4.69, 9.17) is 4.55 Å². The number of nitrogens with zero attached hydrogens (tertiary/aromatic N) is 1. The topological polar surface area (TPSA) is 33.1 Å². The van der Waals surface area contributed by atoms with Gasteiger partial charge in [0, 0.05) is 28.5 Å². The minimum absolute atomic E-state index is 0.758. The van der Waals surface area contributed by atoms with Gasteiger partial charge in [-0.2, -0.15) is 0 Å². The number of benzene rings is 1. The molecule has 0 aliphatic rings. The third-order valence-corrected chi connectivity index (χ3v) is 2.26. The van der Waals surface area contributed by atoms with Crippen molar-refractivity contribution in [2.45, 2.75) is 4.90 Å². The Bertz CT molecular complexity index is 397. The first-order valence-corrected chi connectivity index (χ1v) is 4.34. The van der Waals surface area contributed by atoms with Crippen molar-refractivity contribution in [1.29, 1.82) is 0 Å². The molecule has 0 saturated heterocycles. The lowest BCUT2D eigenvalue weighted by Crippen LogP contribution is -1.79. The van der Waals surface area contributed by atoms with Crippen molar-refractivity contribution in [2.24, 2.45) is 0 Å². The smallest absolute Gasteiger partial charge is 0.0714 e. The van der Waals surface area contributed by atoms with Crippen LogP contribution in [0.2, 0.25) is 0 Å². The van der Waals surface area contributed by atoms with Gasteiger partial charge in [-0.15, -0.1) is 0 Å². The second-order valence-electron chi connectivity index (χ2n) is 2.42. The van der Waals surface area contributed by atoms with Crippen molar-refractivity contribution in [3.63, 3.8) is 0 Å². The highest BCUT2D eigenvalue weighted by molar-refractivity contribution is 7.94. The van der Waals surface area contributed by atoms with E-state index in [1.165, 1.54) is 0 Å². The number of pyridine rings is 1. The summed E-state index contributed by atoms with van der Waals surface area (Å²) in [6, 6.07) is 9.54. The molecule has 0 bridgehead atoms. The molecule has 12 heavy (non-hydrogen) atoms. The Morgan fingerprint density at radius 3 is 2.83 bits per heavy atom. The predicted molar refractivity (Wildman–Crippen MR) is 50.2 cm³/mol. The van der Waals surface area contributed by atoms with Crippen molar-refractivity contribution in [1.82, 2.24) is 4.98 Å². The Morgan fingerprint density at radius 2 is 2.00 bits per heavy atom. The van der Waals surface area contributed by atoms with Gasteiger partial charge in [-0.1, -0.05) is 18.2 Å². The van der Waals surface area contributed by atoms with Crippen molar-refractivity contribution < 1.29 is 4.55 Å². The molecule has 0 unspecified atom stereocenters. The summed E-state index contributed by atoms with van der Waals surface area (Å²) in [6.07, 6.45) is 1.70. The third-order valence-electron chi connectivity index (χ3n) is 1.71. The van der Waals surface area contributed by atoms with E-state index < -0.39 is 0 Å². The summed E-state index contributed by atoms with van der Waals surface area (Å²) in [4.78, 5) is 5.01. The Balaban J connectivity index is 2.79. The summed E-state index contributed by atoms with van der Waals surface area (Å²) >= 11 is 0.758. The van der Waals surface area contributed by atoms with Gasteiger partial charge in [-0.25, -0.2) is 0 Å². The molecule has 0 aliphatic carbocycles. The molecular formula is C9H7NOS. The summed E-state index contributed by atoms with van der Waals surface area (Å²) in [5.41, 5.74) is 0.913. The normalized spacial score (nSPS) is 10.4. The highest BCUT2D eigenvalue weighted by Crippen LogP contribution is 2.23. The highest BCUT2D eigenvalue weighted by Gasteiger charge is 1.98. The van der Waals surface area contributed by atoms with Gasteiger partial charge in [0.05, 0.1) is 5.52 Å². The number of rotatable bonds is 1. The zero-order chi connectivity index (χ0) is 8.39. The molecule has 0 aliphatic heterocycles. The van der Waals surface area contributed by atoms with E-state index in [-0.39, 0.29) is 0 Å². The SMILES string of the molecule is OSc1ccnc2ccccc12. The van der Waals surface area contributed by atoms with Crippen LogP contribution < -0.4 is 0 Å². The quantitative estimate of drug-likeness (QED) is 0.680. The first-order chi connectivity index (χ1) is 5.92. The lowest BCUT2D eigenvalue weighted by atomic mass is 10.2. The van der Waals surface area contributed by atoms with E-state index in [2.05, 4.69) is 4.98 Å². The Hall–Kier alpha value is -1.06. The van der Waals surface area contributed by atoms with Gasteiger partial charge in [0.1, 0.15) is 0 Å². The van der Waals surface area contributed by atoms with Crippen molar-refractivity contribution >= 4 is 22.9 Å². The molecular weight excluding hydrogens is 170 g/mol. The summed E-state index contributed by atoms with van der Waals surface area (Å²) in [5.74, 6) is 0. The summed E-state index contributed by atoms with van der Waals surface area (Å²) in [7, 11) is 0. The van der Waals surface area contributed by atoms with E-state index >= 15 is 0 Å². The molecule has 0 spiro atoms. The van der Waals surface area contributed by atoms with Crippen LogP contribution >= 0.6 is 12.0 Å². The average Bonchev–Trinajstić information content (AvgIpc) is 2.17. The van der Waals surface area contributed by atoms with Gasteiger partial charge in [0.15, 0.2) is 0 Å². The van der Waals surface area contributed by atoms with Crippen LogP contribution in [0.15, 0.2) is 41.4 Å². The van der Waals surface area contributed by atoms with E-state index in [1.54, 1.807) is 12.3 Å². The Kier molecular flexibility index (Phi) is 1.98. The molecule has 1 aromatic heterocycles. The highest BCUT2D eigenvalue weighted by atomic mass is 32.2. The van der Waals surface area contributed by atoms with E-state index in [1.807, 2.05) is 24.3 Å². The fourth-order valence-corrected chi connectivity index (χ4v) is 1.54. The molecule has 1 aromatic carbocycles. The fourth-order valence-electron chi connectivity index (χ4n) is 1.15. The molecule has 1 heterocycles. The van der Waals surface area contributed by atoms with Crippen molar-refractivity contribution in [3.05, 3.63) is 36.5 Å². The van der Waals surface area contributed by atoms with Crippen LogP contribution in [0, 0.1) is 0 Å². The van der Waals surface area contributed by atoms with Gasteiger partial charge < -0.3 is 4.55 Å². The third kappa shape index (κ3) is 1.17. The van der Waals surface area contributed by atoms with E-state index in [9.17, 15) is 0 Å². The molecule has 3 heteroatoms. The molecule has 0 radical (unpaired) electrons. The predicted octanol–water partition coefficient (Wildman–Crippen LogP) is 2.80. The molecule has 0 saturated carbocycles. The molecule has 0 fully saturated rings. The number of fused-ring (bicyclic) bond motifs is 1. The number of hydrogen-bond donors (Lipinski definition) is 1. The minimum atomic E-state index is 0.758. The van der Waals surface area contributed by atoms with E-state index in [0.29, 0.717) is 0 Å². The number of aromatic nitrogens is 1. The second-order valence-corrected chi connectivity index (χ2v) is 3.04. The van der Waals surface area contributed by atoms with Crippen LogP contribution in [0.5, 0.6) is 0 Å². The maximum Gasteiger partial charge on any atom is 0.0714 e. The Morgan fingerprint density at radius 1 is 1.17 bits per heavy atom. The minimum Gasteiger partial charge on any atom is -0.325 e. The summed E-state index contributed by atoms with van der Waals surface area (Å²) in [5, 5.41) is 0.993. The molecule has 2 rings (SSSR count). The van der Waals surface area contributed by atoms with Gasteiger partial charge >= 0.3 is 0 Å². The lowest BCUT2D eigenvalue weighted by Gasteiger charge is -1.99. The average molecular weight is 177 g/mol. The Labute approximate surface area is 74.5 Å². The first kappa shape index (κ1) is 7.58. The van der Waals surface area contributed by atoms with Gasteiger partial charge in [0.2, 0.25) is 0 Å². The fraction of sp³-hybridized carbons (Fsp3) is 0. The first-order valence-electron chi connectivity index (χ1n) is 3.57. The largest absolute Gasteiger partial charge is 0.325 e. The zero-order valence-electron chi connectivity index (χ0n) is 6.27. The van der Waals surface area contributed by atoms with Crippen LogP contribution in [-0.2, 0) is 0 Å². The van der Waals surface area contributed by atoms with Crippen LogP contribution in [0.1, 0.15) is 0 Å². The van der Waals surface area contributed by atoms with Gasteiger partial charge in [-0.3, -0.25) is 4.98 Å². The van der Waals surface area contributed by atoms with E-state index in [0.717, 1.165) is 27.8 Å². The standard InChI is InChI=1S/C9H7NOS/c11-12-9-5-6-10-8-4-2-1-3-7(8)9/h1-6,11H. The lowest BCUT2D eigenvalue weighted by molar-refractivity contribution is 0.664. The molecule has 60 valence electrons. The molecule has 2 nitrogen and oxygen atoms in total. The molecule has 0 amide bonds. The van der Waals surface area contributed by atoms with Gasteiger partial charge in [-0.05, 0) is 12.1 Å². The zero-order valence-corrected chi connectivity index (χ0v) is 7.08. The summed E-state index contributed by atoms with van der Waals surface area (Å²) < 4.78 is 8.92. The van der Waals surface area contributed by atoms with Crippen LogP contribution in [-0.4, -0.2) is 9.54 Å². The maximum atomic E-state index is 8.92. The van der Waals surface area contributed by atoms with Crippen LogP contribution in [0.3, 0.4) is 0 Å². The molecule has 2 aromatic rings. The monoisotopic (exact) mass is 177 g/mol. The molecule has 0 atom stereocenters. The van der Waals surface area contributed by atoms with Crippen molar-refractivity contribution in [2.75, 3.05) is 0 Å². The molecule has 1 N–H and O–H groups in total. The summed E-state index contributed by atoms with van der Waals surface area (Å²) in [6.45, 7) is 0. The van der Waals surface area contributed by atoms with Gasteiger partial charge in [0.25, 0.3) is 0 Å². The second kappa shape index (κ2) is 3.13. The number of para-hydroxylation sites is 1. The number of hydrogen-bond acceptors (Lipinski definition) is 3. The van der Waals surface area contributed by atoms with Crippen LogP contribution in [0.25, 0.3) is 10.9 Å². The van der Waals surface area contributed by atoms with Crippen molar-refractivity contribution in [3.8, 4) is 0 Å².